The summed E-state index contributed by atoms with van der Waals surface area (Å²) in [7, 11) is 0. The summed E-state index contributed by atoms with van der Waals surface area (Å²) in [5.41, 5.74) is 1.05. The van der Waals surface area contributed by atoms with Crippen molar-refractivity contribution in [1.29, 1.82) is 0 Å². The number of rotatable bonds is 8. The van der Waals surface area contributed by atoms with E-state index in [2.05, 4.69) is 20.0 Å². The number of carbonyl (C=O) groups is 1. The molecule has 0 radical (unpaired) electrons. The Morgan fingerprint density at radius 3 is 2.11 bits per heavy atom. The third kappa shape index (κ3) is 20.2. The Morgan fingerprint density at radius 2 is 1.63 bits per heavy atom. The predicted octanol–water partition coefficient (Wildman–Crippen LogP) is 2.93. The van der Waals surface area contributed by atoms with Crippen molar-refractivity contribution in [1.82, 2.24) is 0 Å². The molecule has 7 heteroatoms. The minimum Gasteiger partial charge on any atom is 0 e. The first-order chi connectivity index (χ1) is 12.6. The van der Waals surface area contributed by atoms with E-state index in [4.69, 9.17) is 18.7 Å². The molecule has 0 saturated heterocycles. The summed E-state index contributed by atoms with van der Waals surface area (Å²) in [4.78, 5) is 11.6. The molecule has 0 bridgehead atoms. The van der Waals surface area contributed by atoms with Gasteiger partial charge in [-0.1, -0.05) is 48.6 Å². The summed E-state index contributed by atoms with van der Waals surface area (Å²) in [5, 5.41) is 9.92. The van der Waals surface area contributed by atoms with Gasteiger partial charge in [0, 0.05) is 23.5 Å². The monoisotopic (exact) mass is 414 g/mol. The fourth-order valence-corrected chi connectivity index (χ4v) is 1.63. The average Bonchev–Trinajstić information content (AvgIpc) is 2.71. The normalized spacial score (nSPS) is 11.1. The Kier molecular flexibility index (Phi) is 31.8. The Morgan fingerprint density at radius 1 is 1.11 bits per heavy atom. The van der Waals surface area contributed by atoms with Gasteiger partial charge in [0.25, 0.3) is 0 Å². The van der Waals surface area contributed by atoms with Crippen molar-refractivity contribution in [2.24, 2.45) is 0 Å². The molecule has 1 N–H and O–H groups in total. The van der Waals surface area contributed by atoms with Gasteiger partial charge in [0.15, 0.2) is 5.78 Å². The molecule has 0 aromatic heterocycles. The van der Waals surface area contributed by atoms with Gasteiger partial charge in [0.05, 0.1) is 18.8 Å². The number of ether oxygens (including phenoxy) is 1. The van der Waals surface area contributed by atoms with Gasteiger partial charge >= 0.3 is 33.9 Å². The molecule has 6 nitrogen and oxygen atoms in total. The molecule has 1 aromatic carbocycles. The number of allylic oxidation sites excluding steroid dienone is 4. The minimum atomic E-state index is -0.790. The number of aliphatic hydroxyl groups excluding tert-OH is 1. The summed E-state index contributed by atoms with van der Waals surface area (Å²) in [6.07, 6.45) is 5.66. The van der Waals surface area contributed by atoms with E-state index in [1.807, 2.05) is 43.3 Å². The Balaban J connectivity index is -0.000000342. The predicted molar refractivity (Wildman–Crippen MR) is 92.1 cm³/mol. The zero-order valence-electron chi connectivity index (χ0n) is 15.1. The molecule has 0 amide bonds. The van der Waals surface area contributed by atoms with Crippen LogP contribution in [0.4, 0.5) is 0 Å². The average molecular weight is 414 g/mol. The first-order valence-corrected chi connectivity index (χ1v) is 7.40. The molecule has 0 aliphatic heterocycles. The molecule has 0 aliphatic rings. The second kappa shape index (κ2) is 26.3. The zero-order valence-corrected chi connectivity index (χ0v) is 16.2. The van der Waals surface area contributed by atoms with Gasteiger partial charge in [-0.3, -0.25) is 4.79 Å². The number of carbonyl (C=O) groups excluding carboxylic acids is 1. The molecule has 0 spiro atoms. The van der Waals surface area contributed by atoms with Gasteiger partial charge in [-0.15, -0.1) is 0 Å². The van der Waals surface area contributed by atoms with Crippen LogP contribution in [0.2, 0.25) is 0 Å². The topological polar surface area (TPSA) is 106 Å². The van der Waals surface area contributed by atoms with Gasteiger partial charge < -0.3 is 9.84 Å². The second-order valence-corrected chi connectivity index (χ2v) is 4.62. The number of hydrogen-bond donors (Lipinski definition) is 1. The maximum absolute atomic E-state index is 11.6. The van der Waals surface area contributed by atoms with Gasteiger partial charge in [0.2, 0.25) is 0 Å². The van der Waals surface area contributed by atoms with Crippen LogP contribution >= 0.6 is 0 Å². The van der Waals surface area contributed by atoms with Crippen molar-refractivity contribution in [3.05, 3.63) is 80.2 Å². The molecular formula is C20H22FeO6. The maximum Gasteiger partial charge on any atom is 0 e. The van der Waals surface area contributed by atoms with Crippen LogP contribution in [0.3, 0.4) is 0 Å². The fraction of sp³-hybridized carbons (Fsp3) is 0.300. The molecule has 0 heterocycles. The van der Waals surface area contributed by atoms with Crippen molar-refractivity contribution < 1.29 is 45.7 Å². The largest absolute Gasteiger partial charge is 0 e. The number of ketones is 1. The van der Waals surface area contributed by atoms with E-state index < -0.39 is 6.10 Å². The molecular weight excluding hydrogens is 392 g/mol. The molecule has 0 fully saturated rings. The van der Waals surface area contributed by atoms with Crippen molar-refractivity contribution in [2.75, 3.05) is 0 Å². The molecule has 2 atom stereocenters. The van der Waals surface area contributed by atoms with Crippen LogP contribution in [0.25, 0.3) is 0 Å². The van der Waals surface area contributed by atoms with Crippen molar-refractivity contribution >= 4 is 5.78 Å². The Hall–Kier alpha value is -1.97. The van der Waals surface area contributed by atoms with Crippen molar-refractivity contribution in [3.8, 4) is 0 Å². The Bertz CT molecular complexity index is 561. The fourth-order valence-electron chi connectivity index (χ4n) is 1.63. The molecule has 0 aliphatic carbocycles. The Labute approximate surface area is 170 Å². The summed E-state index contributed by atoms with van der Waals surface area (Å²) in [6.45, 7) is 17.6. The summed E-state index contributed by atoms with van der Waals surface area (Å²) in [6, 6.07) is 9.75. The summed E-state index contributed by atoms with van der Waals surface area (Å²) in [5.74, 6) is -0.106. The van der Waals surface area contributed by atoms with Crippen LogP contribution < -0.4 is 0 Å². The third-order valence-corrected chi connectivity index (χ3v) is 2.89. The van der Waals surface area contributed by atoms with E-state index in [0.29, 0.717) is 6.61 Å². The first kappa shape index (κ1) is 32.7. The third-order valence-electron chi connectivity index (χ3n) is 2.89. The number of aliphatic hydroxyl groups is 1. The van der Waals surface area contributed by atoms with E-state index in [-0.39, 0.29) is 35.4 Å². The van der Waals surface area contributed by atoms with E-state index in [9.17, 15) is 9.90 Å². The molecule has 1 aromatic rings. The molecule has 27 heavy (non-hydrogen) atoms. The molecule has 0 saturated carbocycles. The van der Waals surface area contributed by atoms with Gasteiger partial charge in [-0.2, -0.15) is 0 Å². The quantitative estimate of drug-likeness (QED) is 0.232. The van der Waals surface area contributed by atoms with E-state index in [1.165, 1.54) is 6.08 Å². The van der Waals surface area contributed by atoms with Gasteiger partial charge in [0.1, 0.15) is 0 Å². The van der Waals surface area contributed by atoms with Crippen LogP contribution in [0.5, 0.6) is 0 Å². The second-order valence-electron chi connectivity index (χ2n) is 4.62. The maximum atomic E-state index is 11.6. The van der Waals surface area contributed by atoms with E-state index >= 15 is 0 Å². The zero-order chi connectivity index (χ0) is 20.8. The molecule has 0 unspecified atom stereocenters. The smallest absolute Gasteiger partial charge is 0 e. The minimum absolute atomic E-state index is 0. The molecule has 146 valence electrons. The van der Waals surface area contributed by atoms with Crippen LogP contribution in [0.1, 0.15) is 25.8 Å². The number of benzene rings is 1. The van der Waals surface area contributed by atoms with Gasteiger partial charge in [-0.25, -0.2) is 0 Å². The van der Waals surface area contributed by atoms with Crippen LogP contribution in [0.15, 0.2) is 54.6 Å². The number of hydrogen-bond acceptors (Lipinski definition) is 3. The first-order valence-electron chi connectivity index (χ1n) is 7.40. The standard InChI is InChI=1S/C17H22O3.3CO.Fe/c1-3-4-6-11-16(18)12-17(19)14(2)20-13-15-9-7-5-8-10-15;3*1-2;/h3-11,14,17,19H,12-13H2,1-2H3;;;;/b4-3+,11-6+;;;;/t14-,17-;;;;/m0..../s1. The van der Waals surface area contributed by atoms with Crippen LogP contribution in [0, 0.1) is 20.0 Å². The summed E-state index contributed by atoms with van der Waals surface area (Å²) >= 11 is 0. The van der Waals surface area contributed by atoms with Crippen molar-refractivity contribution in [2.45, 2.75) is 39.1 Å². The SMILES string of the molecule is C/C=C/C=C/C(=O)C[C@H](O)[C@H](C)OCc1ccccc1.[C-]#[O+].[C-]#[O+].[C-]#[O+].[Fe]. The molecule has 1 rings (SSSR count). The van der Waals surface area contributed by atoms with Crippen LogP contribution in [-0.4, -0.2) is 23.1 Å². The van der Waals surface area contributed by atoms with E-state index in [1.54, 1.807) is 19.1 Å². The van der Waals surface area contributed by atoms with Gasteiger partial charge in [-0.05, 0) is 25.5 Å². The van der Waals surface area contributed by atoms with E-state index in [0.717, 1.165) is 5.56 Å². The summed E-state index contributed by atoms with van der Waals surface area (Å²) < 4.78 is 28.1. The van der Waals surface area contributed by atoms with Crippen LogP contribution in [-0.2, 0) is 47.2 Å². The van der Waals surface area contributed by atoms with Crippen molar-refractivity contribution in [3.63, 3.8) is 0 Å².